The van der Waals surface area contributed by atoms with Crippen LogP contribution in [0.4, 0.5) is 14.6 Å². The van der Waals surface area contributed by atoms with Crippen LogP contribution in [0.2, 0.25) is 0 Å². The van der Waals surface area contributed by atoms with Gasteiger partial charge in [-0.1, -0.05) is 58.3 Å². The van der Waals surface area contributed by atoms with E-state index in [4.69, 9.17) is 9.47 Å². The van der Waals surface area contributed by atoms with Crippen LogP contribution >= 0.6 is 0 Å². The number of unbranched alkanes of at least 4 members (excludes halogenated alkanes) is 8. The number of anilines is 1. The van der Waals surface area contributed by atoms with Crippen LogP contribution in [0, 0.1) is 0 Å². The fraction of sp³-hybridized carbons (Fsp3) is 0.593. The van der Waals surface area contributed by atoms with Crippen LogP contribution in [0.1, 0.15) is 97.2 Å². The first-order valence-electron chi connectivity index (χ1n) is 13.5. The van der Waals surface area contributed by atoms with Gasteiger partial charge in [0.05, 0.1) is 18.8 Å². The number of nitrogens with one attached hydrogen (secondary N) is 2. The largest absolute Gasteiger partial charge is 0.461 e. The molecule has 1 amide bonds. The Balaban J connectivity index is 1.53. The second-order valence-electron chi connectivity index (χ2n) is 9.72. The minimum absolute atomic E-state index is 0.00882. The molecule has 1 saturated heterocycles. The van der Waals surface area contributed by atoms with Gasteiger partial charge in [-0.05, 0) is 18.6 Å². The number of carbonyl (C=O) groups excluding carboxylic acids is 2. The number of aromatic amines is 1. The van der Waals surface area contributed by atoms with E-state index < -0.39 is 59.8 Å². The highest BCUT2D eigenvalue weighted by Crippen LogP contribution is 2.46. The van der Waals surface area contributed by atoms with Gasteiger partial charge >= 0.3 is 17.6 Å². The average molecular weight is 567 g/mol. The summed E-state index contributed by atoms with van der Waals surface area (Å²) in [5.74, 6) is -5.84. The normalized spacial score (nSPS) is 19.9. The topological polar surface area (TPSA) is 164 Å². The van der Waals surface area contributed by atoms with Gasteiger partial charge in [-0.15, -0.1) is 0 Å². The zero-order valence-corrected chi connectivity index (χ0v) is 22.4. The minimum atomic E-state index is -3.84. The third kappa shape index (κ3) is 8.12. The maximum Gasteiger partial charge on any atom is 0.356 e. The van der Waals surface area contributed by atoms with Crippen LogP contribution in [-0.4, -0.2) is 68.4 Å². The summed E-state index contributed by atoms with van der Waals surface area (Å²) in [7, 11) is 0. The molecule has 2 aromatic heterocycles. The number of esters is 1. The molecular formula is C27H36F2N4O7. The highest BCUT2D eigenvalue weighted by atomic mass is 19.3. The van der Waals surface area contributed by atoms with Gasteiger partial charge in [0.15, 0.2) is 6.10 Å². The van der Waals surface area contributed by atoms with Crippen LogP contribution in [0.5, 0.6) is 0 Å². The van der Waals surface area contributed by atoms with Crippen LogP contribution in [0.25, 0.3) is 0 Å². The fourth-order valence-electron chi connectivity index (χ4n) is 4.35. The van der Waals surface area contributed by atoms with E-state index in [9.17, 15) is 33.4 Å². The Morgan fingerprint density at radius 2 is 1.80 bits per heavy atom. The van der Waals surface area contributed by atoms with Gasteiger partial charge in [0.2, 0.25) is 0 Å². The lowest BCUT2D eigenvalue weighted by Gasteiger charge is -2.21. The third-order valence-electron chi connectivity index (χ3n) is 6.66. The summed E-state index contributed by atoms with van der Waals surface area (Å²) in [6, 6.07) is 2.58. The van der Waals surface area contributed by atoms with E-state index in [2.05, 4.69) is 27.2 Å². The van der Waals surface area contributed by atoms with Crippen molar-refractivity contribution in [2.45, 2.75) is 88.9 Å². The number of alkyl halides is 2. The van der Waals surface area contributed by atoms with Crippen molar-refractivity contribution in [2.75, 3.05) is 18.5 Å². The second-order valence-corrected chi connectivity index (χ2v) is 9.72. The quantitative estimate of drug-likeness (QED) is 0.186. The van der Waals surface area contributed by atoms with Gasteiger partial charge in [-0.25, -0.2) is 23.4 Å². The molecule has 3 atom stereocenters. The SMILES string of the molecule is CCCCCCCCCCCOC(=O)c1ccc(C(=O)Nc2nc(=O)[nH]cc2[C@H]2O[C@H](CO)[C@@H](O)C2(F)F)cn1. The molecule has 0 aliphatic carbocycles. The Bertz CT molecular complexity index is 1180. The first kappa shape index (κ1) is 31.2. The molecule has 3 heterocycles. The molecule has 13 heteroatoms. The lowest BCUT2D eigenvalue weighted by atomic mass is 10.0. The third-order valence-corrected chi connectivity index (χ3v) is 6.66. The maximum absolute atomic E-state index is 14.6. The number of aromatic nitrogens is 3. The van der Waals surface area contributed by atoms with Gasteiger partial charge in [-0.2, -0.15) is 4.98 Å². The number of H-pyrrole nitrogens is 1. The molecular weight excluding hydrogens is 530 g/mol. The number of pyridine rings is 1. The molecule has 0 unspecified atom stereocenters. The van der Waals surface area contributed by atoms with E-state index >= 15 is 0 Å². The minimum Gasteiger partial charge on any atom is -0.461 e. The summed E-state index contributed by atoms with van der Waals surface area (Å²) in [5, 5.41) is 21.3. The van der Waals surface area contributed by atoms with Crippen molar-refractivity contribution in [1.82, 2.24) is 15.0 Å². The second kappa shape index (κ2) is 14.9. The number of aliphatic hydroxyl groups is 2. The highest BCUT2D eigenvalue weighted by molar-refractivity contribution is 6.04. The van der Waals surface area contributed by atoms with E-state index in [0.717, 1.165) is 31.7 Å². The molecule has 1 aliphatic rings. The summed E-state index contributed by atoms with van der Waals surface area (Å²) >= 11 is 0. The van der Waals surface area contributed by atoms with Crippen molar-refractivity contribution < 1.29 is 38.1 Å². The summed E-state index contributed by atoms with van der Waals surface area (Å²) < 4.78 is 39.6. The standard InChI is InChI=1S/C27H36F2N4O7/c1-2-3-4-5-6-7-8-9-10-13-39-25(37)19-12-11-17(14-30-19)24(36)32-23-18(15-31-26(38)33-23)22-27(28,29)21(35)20(16-34)40-22/h11-12,14-15,20-22,34-35H,2-10,13,16H2,1H3,(H2,31,32,33,36,38)/t20-,21-,22-/m1/s1. The van der Waals surface area contributed by atoms with Crippen molar-refractivity contribution in [3.63, 3.8) is 0 Å². The molecule has 11 nitrogen and oxygen atoms in total. The Hall–Kier alpha value is -3.29. The molecule has 3 rings (SSSR count). The Morgan fingerprint density at radius 1 is 1.12 bits per heavy atom. The molecule has 1 aliphatic heterocycles. The number of hydrogen-bond donors (Lipinski definition) is 4. The maximum atomic E-state index is 14.6. The number of ether oxygens (including phenoxy) is 2. The monoisotopic (exact) mass is 566 g/mol. The van der Waals surface area contributed by atoms with Crippen LogP contribution in [0.15, 0.2) is 29.3 Å². The number of hydrogen-bond acceptors (Lipinski definition) is 9. The molecule has 220 valence electrons. The number of carbonyl (C=O) groups is 2. The summed E-state index contributed by atoms with van der Waals surface area (Å²) in [6.07, 6.45) is 6.21. The van der Waals surface area contributed by atoms with Crippen molar-refractivity contribution in [1.29, 1.82) is 0 Å². The first-order chi connectivity index (χ1) is 19.2. The summed E-state index contributed by atoms with van der Waals surface area (Å²) in [6.45, 7) is 1.58. The van der Waals surface area contributed by atoms with Crippen molar-refractivity contribution in [3.8, 4) is 0 Å². The molecule has 2 aromatic rings. The molecule has 0 bridgehead atoms. The number of nitrogens with zero attached hydrogens (tertiary/aromatic N) is 2. The van der Waals surface area contributed by atoms with Gasteiger partial charge in [0.1, 0.15) is 23.7 Å². The van der Waals surface area contributed by atoms with Crippen LogP contribution in [-0.2, 0) is 9.47 Å². The van der Waals surface area contributed by atoms with E-state index in [1.807, 2.05) is 0 Å². The van der Waals surface area contributed by atoms with Gasteiger partial charge in [0, 0.05) is 18.0 Å². The lowest BCUT2D eigenvalue weighted by molar-refractivity contribution is -0.113. The van der Waals surface area contributed by atoms with Crippen LogP contribution < -0.4 is 11.0 Å². The lowest BCUT2D eigenvalue weighted by Crippen LogP contribution is -2.38. The number of halogens is 2. The molecule has 0 radical (unpaired) electrons. The summed E-state index contributed by atoms with van der Waals surface area (Å²) in [5.41, 5.74) is -1.39. The van der Waals surface area contributed by atoms with Gasteiger partial charge < -0.3 is 30.0 Å². The van der Waals surface area contributed by atoms with E-state index in [1.165, 1.54) is 50.7 Å². The predicted molar refractivity (Wildman–Crippen MR) is 140 cm³/mol. The van der Waals surface area contributed by atoms with E-state index in [-0.39, 0.29) is 17.9 Å². The molecule has 0 spiro atoms. The van der Waals surface area contributed by atoms with Crippen molar-refractivity contribution in [3.05, 3.63) is 51.8 Å². The Kier molecular flexibility index (Phi) is 11.6. The number of amides is 1. The number of aliphatic hydroxyl groups excluding tert-OH is 2. The Morgan fingerprint density at radius 3 is 2.40 bits per heavy atom. The van der Waals surface area contributed by atoms with Crippen molar-refractivity contribution in [2.24, 2.45) is 0 Å². The smallest absolute Gasteiger partial charge is 0.356 e. The molecule has 1 fully saturated rings. The summed E-state index contributed by atoms with van der Waals surface area (Å²) in [4.78, 5) is 46.4. The predicted octanol–water partition coefficient (Wildman–Crippen LogP) is 3.53. The molecule has 0 saturated carbocycles. The first-order valence-corrected chi connectivity index (χ1v) is 13.5. The van der Waals surface area contributed by atoms with Gasteiger partial charge in [0.25, 0.3) is 5.91 Å². The molecule has 4 N–H and O–H groups in total. The average Bonchev–Trinajstić information content (AvgIpc) is 3.17. The Labute approximate surface area is 230 Å². The number of rotatable bonds is 15. The van der Waals surface area contributed by atoms with Gasteiger partial charge in [-0.3, -0.25) is 4.79 Å². The molecule has 0 aromatic carbocycles. The zero-order chi connectivity index (χ0) is 29.1. The van der Waals surface area contributed by atoms with Crippen molar-refractivity contribution >= 4 is 17.7 Å². The zero-order valence-electron chi connectivity index (χ0n) is 22.4. The highest BCUT2D eigenvalue weighted by Gasteiger charge is 2.59. The fourth-order valence-corrected chi connectivity index (χ4v) is 4.35. The van der Waals surface area contributed by atoms with E-state index in [0.29, 0.717) is 0 Å². The van der Waals surface area contributed by atoms with Crippen LogP contribution in [0.3, 0.4) is 0 Å². The van der Waals surface area contributed by atoms with E-state index in [1.54, 1.807) is 0 Å². The molecule has 40 heavy (non-hydrogen) atoms.